The molecule has 0 radical (unpaired) electrons. The van der Waals surface area contributed by atoms with Gasteiger partial charge in [-0.2, -0.15) is 0 Å². The van der Waals surface area contributed by atoms with Gasteiger partial charge in [-0.1, -0.05) is 12.2 Å². The number of esters is 2. The lowest BCUT2D eigenvalue weighted by atomic mass is 10.0. The molecule has 0 aromatic heterocycles. The minimum Gasteiger partial charge on any atom is -0.469 e. The van der Waals surface area contributed by atoms with Crippen molar-refractivity contribution in [3.8, 4) is 0 Å². The summed E-state index contributed by atoms with van der Waals surface area (Å²) < 4.78 is 15.2. The van der Waals surface area contributed by atoms with E-state index in [-0.39, 0.29) is 35.8 Å². The molecule has 0 aromatic carbocycles. The molecule has 2 rings (SSSR count). The first kappa shape index (κ1) is 12.1. The number of hydrogen-bond acceptors (Lipinski definition) is 5. The zero-order valence-electron chi connectivity index (χ0n) is 10.1. The Balaban J connectivity index is 2.13. The van der Waals surface area contributed by atoms with Crippen molar-refractivity contribution in [2.75, 3.05) is 14.2 Å². The summed E-state index contributed by atoms with van der Waals surface area (Å²) in [6, 6.07) is 0. The highest BCUT2D eigenvalue weighted by Crippen LogP contribution is 2.54. The summed E-state index contributed by atoms with van der Waals surface area (Å²) in [7, 11) is 2.92. The van der Waals surface area contributed by atoms with Gasteiger partial charge >= 0.3 is 11.9 Å². The van der Waals surface area contributed by atoms with E-state index >= 15 is 0 Å². The van der Waals surface area contributed by atoms with Crippen LogP contribution in [0.25, 0.3) is 0 Å². The van der Waals surface area contributed by atoms with Gasteiger partial charge in [0.2, 0.25) is 0 Å². The predicted molar refractivity (Wildman–Crippen MR) is 58.0 cm³/mol. The van der Waals surface area contributed by atoms with E-state index in [4.69, 9.17) is 14.2 Å². The molecule has 1 fully saturated rings. The van der Waals surface area contributed by atoms with Gasteiger partial charge in [0.25, 0.3) is 0 Å². The van der Waals surface area contributed by atoms with E-state index in [1.807, 2.05) is 12.2 Å². The van der Waals surface area contributed by atoms with E-state index in [1.165, 1.54) is 14.0 Å². The fourth-order valence-electron chi connectivity index (χ4n) is 2.60. The van der Waals surface area contributed by atoms with Crippen molar-refractivity contribution in [2.45, 2.75) is 19.1 Å². The summed E-state index contributed by atoms with van der Waals surface area (Å²) >= 11 is 0. The van der Waals surface area contributed by atoms with Crippen LogP contribution in [0.2, 0.25) is 0 Å². The third-order valence-corrected chi connectivity index (χ3v) is 3.41. The molecule has 2 aliphatic carbocycles. The highest BCUT2D eigenvalue weighted by atomic mass is 16.6. The molecule has 0 N–H and O–H groups in total. The number of ether oxygens (including phenoxy) is 3. The van der Waals surface area contributed by atoms with Gasteiger partial charge in [0.1, 0.15) is 12.2 Å². The third-order valence-electron chi connectivity index (χ3n) is 3.41. The third kappa shape index (κ3) is 2.07. The fourth-order valence-corrected chi connectivity index (χ4v) is 2.60. The highest BCUT2D eigenvalue weighted by Gasteiger charge is 2.62. The van der Waals surface area contributed by atoms with E-state index in [0.717, 1.165) is 0 Å². The smallest absolute Gasteiger partial charge is 0.309 e. The van der Waals surface area contributed by atoms with Crippen LogP contribution >= 0.6 is 0 Å². The van der Waals surface area contributed by atoms with Crippen molar-refractivity contribution in [2.24, 2.45) is 17.8 Å². The second-order valence-corrected chi connectivity index (χ2v) is 4.36. The average Bonchev–Trinajstić information content (AvgIpc) is 3.02. The number of methoxy groups -OCH3 is 2. The van der Waals surface area contributed by atoms with Gasteiger partial charge in [-0.15, -0.1) is 0 Å². The molecule has 0 amide bonds. The zero-order chi connectivity index (χ0) is 12.6. The van der Waals surface area contributed by atoms with Crippen molar-refractivity contribution in [1.82, 2.24) is 0 Å². The van der Waals surface area contributed by atoms with Crippen LogP contribution in [0.5, 0.6) is 0 Å². The van der Waals surface area contributed by atoms with E-state index in [2.05, 4.69) is 0 Å². The van der Waals surface area contributed by atoms with E-state index in [0.29, 0.717) is 0 Å². The summed E-state index contributed by atoms with van der Waals surface area (Å²) in [4.78, 5) is 22.6. The van der Waals surface area contributed by atoms with Gasteiger partial charge in [0.05, 0.1) is 13.0 Å². The maximum atomic E-state index is 11.5. The van der Waals surface area contributed by atoms with Crippen molar-refractivity contribution in [3.05, 3.63) is 12.2 Å². The van der Waals surface area contributed by atoms with Gasteiger partial charge in [-0.05, 0) is 5.92 Å². The van der Waals surface area contributed by atoms with Crippen LogP contribution in [0, 0.1) is 17.8 Å². The van der Waals surface area contributed by atoms with E-state index < -0.39 is 6.10 Å². The summed E-state index contributed by atoms with van der Waals surface area (Å²) in [5, 5.41) is 0. The maximum Gasteiger partial charge on any atom is 0.309 e. The molecule has 0 saturated heterocycles. The van der Waals surface area contributed by atoms with Crippen molar-refractivity contribution in [1.29, 1.82) is 0 Å². The van der Waals surface area contributed by atoms with Crippen LogP contribution in [0.4, 0.5) is 0 Å². The Hall–Kier alpha value is -1.36. The molecule has 94 valence electrons. The van der Waals surface area contributed by atoms with Gasteiger partial charge in [0, 0.05) is 20.0 Å². The lowest BCUT2D eigenvalue weighted by Gasteiger charge is -2.25. The molecule has 0 heterocycles. The van der Waals surface area contributed by atoms with Crippen LogP contribution in [0.15, 0.2) is 12.2 Å². The monoisotopic (exact) mass is 240 g/mol. The SMILES string of the molecule is COC(=O)[C@@H]1[C@H]2C=C[C@@H](OC)[C@H](OC(C)=O)[C@H]21. The van der Waals surface area contributed by atoms with Crippen LogP contribution in [-0.4, -0.2) is 38.4 Å². The first-order valence-electron chi connectivity index (χ1n) is 5.56. The molecule has 2 aliphatic rings. The first-order chi connectivity index (χ1) is 8.10. The van der Waals surface area contributed by atoms with Gasteiger partial charge in [0.15, 0.2) is 0 Å². The highest BCUT2D eigenvalue weighted by molar-refractivity contribution is 5.77. The molecule has 1 saturated carbocycles. The maximum absolute atomic E-state index is 11.5. The molecule has 5 nitrogen and oxygen atoms in total. The quantitative estimate of drug-likeness (QED) is 0.532. The Morgan fingerprint density at radius 1 is 1.18 bits per heavy atom. The number of rotatable bonds is 3. The minimum atomic E-state index is -0.392. The Morgan fingerprint density at radius 3 is 2.41 bits per heavy atom. The fraction of sp³-hybridized carbons (Fsp3) is 0.667. The predicted octanol–water partition coefficient (Wildman–Crippen LogP) is 0.538. The second-order valence-electron chi connectivity index (χ2n) is 4.36. The molecular formula is C12H16O5. The summed E-state index contributed by atoms with van der Waals surface area (Å²) in [5.41, 5.74) is 0. The lowest BCUT2D eigenvalue weighted by molar-refractivity contribution is -0.155. The van der Waals surface area contributed by atoms with Crippen LogP contribution in [-0.2, 0) is 23.8 Å². The number of hydrogen-bond donors (Lipinski definition) is 0. The van der Waals surface area contributed by atoms with E-state index in [9.17, 15) is 9.59 Å². The Kier molecular flexibility index (Phi) is 3.19. The Morgan fingerprint density at radius 2 is 1.88 bits per heavy atom. The number of carbonyl (C=O) groups is 2. The molecule has 0 bridgehead atoms. The van der Waals surface area contributed by atoms with Crippen molar-refractivity contribution >= 4 is 11.9 Å². The summed E-state index contributed by atoms with van der Waals surface area (Å²) in [6.45, 7) is 1.36. The second kappa shape index (κ2) is 4.49. The molecule has 5 heteroatoms. The van der Waals surface area contributed by atoms with E-state index in [1.54, 1.807) is 7.11 Å². The molecule has 0 unspecified atom stereocenters. The number of carbonyl (C=O) groups excluding carboxylic acids is 2. The molecule has 0 aliphatic heterocycles. The molecule has 5 atom stereocenters. The zero-order valence-corrected chi connectivity index (χ0v) is 10.1. The topological polar surface area (TPSA) is 61.8 Å². The van der Waals surface area contributed by atoms with Gasteiger partial charge < -0.3 is 14.2 Å². The van der Waals surface area contributed by atoms with Gasteiger partial charge in [-0.25, -0.2) is 0 Å². The minimum absolute atomic E-state index is 0.0127. The lowest BCUT2D eigenvalue weighted by Crippen LogP contribution is -2.35. The molecule has 17 heavy (non-hydrogen) atoms. The molecule has 0 spiro atoms. The van der Waals surface area contributed by atoms with Crippen LogP contribution in [0.3, 0.4) is 0 Å². The van der Waals surface area contributed by atoms with Crippen molar-refractivity contribution < 1.29 is 23.8 Å². The Labute approximate surface area is 99.7 Å². The summed E-state index contributed by atoms with van der Waals surface area (Å²) in [5.74, 6) is -0.722. The Bertz CT molecular complexity index is 362. The number of fused-ring (bicyclic) bond motifs is 1. The number of allylic oxidation sites excluding steroid dienone is 1. The van der Waals surface area contributed by atoms with Gasteiger partial charge in [-0.3, -0.25) is 9.59 Å². The van der Waals surface area contributed by atoms with Crippen molar-refractivity contribution in [3.63, 3.8) is 0 Å². The average molecular weight is 240 g/mol. The normalized spacial score (nSPS) is 38.2. The molecule has 0 aromatic rings. The molecular weight excluding hydrogens is 224 g/mol. The standard InChI is InChI=1S/C12H16O5/c1-6(13)17-11-8(15-2)5-4-7-9(11)10(7)12(14)16-3/h4-5,7-11H,1-3H3/t7-,8+,9+,10+,11-/m0/s1. The van der Waals surface area contributed by atoms with Crippen LogP contribution in [0.1, 0.15) is 6.92 Å². The van der Waals surface area contributed by atoms with Crippen LogP contribution < -0.4 is 0 Å². The summed E-state index contributed by atoms with van der Waals surface area (Å²) in [6.07, 6.45) is 3.12. The largest absolute Gasteiger partial charge is 0.469 e. The first-order valence-corrected chi connectivity index (χ1v) is 5.56.